The van der Waals surface area contributed by atoms with Gasteiger partial charge in [-0.3, -0.25) is 4.79 Å². The molecule has 19 heteroatoms. The Bertz CT molecular complexity index is 3030. The number of benzene rings is 6. The number of carbonyl (C=O) groups excluding carboxylic acids is 1. The zero-order valence-electron chi connectivity index (χ0n) is 51.7. The van der Waals surface area contributed by atoms with Crippen LogP contribution in [0.1, 0.15) is 54.2 Å². The third kappa shape index (κ3) is 18.5. The number of carbonyl (C=O) groups is 1. The number of hydrogen-bond donors (Lipinski definition) is 3. The van der Waals surface area contributed by atoms with Crippen molar-refractivity contribution in [2.75, 3.05) is 25.6 Å². The average Bonchev–Trinajstić information content (AvgIpc) is 1.83. The van der Waals surface area contributed by atoms with E-state index >= 15 is 0 Å². The molecule has 0 bridgehead atoms. The molecular formula is C70H87NO16SSi. The molecule has 0 saturated carbocycles. The molecule has 4 aliphatic rings. The van der Waals surface area contributed by atoms with E-state index in [1.165, 1.54) is 6.92 Å². The number of nitrogens with one attached hydrogen (secondary N) is 1. The normalized spacial score (nSPS) is 29.3. The Labute approximate surface area is 528 Å². The molecule has 6 aromatic carbocycles. The Morgan fingerprint density at radius 3 is 1.39 bits per heavy atom. The SMILES string of the molecule is CC(=O)N[C@]1(O)[C@@H](O[C@H]2[C@@H](OCc3ccccc3)[C@@H](COCc3ccccc3)O[C@@H](O[C@H]3[C@H](OCc4ccccc4)[C@@H](OCc4ccccc4)[C@H](SCC[Si](C)(C)C)O[C@@H]3COCc3ccccc3)[C@@H]2OCc2ccccc2)O[C@H](CO)[C@@H]2OC(C)(C)O[C@@H]21. The third-order valence-corrected chi connectivity index (χ3v) is 19.2. The van der Waals surface area contributed by atoms with Gasteiger partial charge in [0.25, 0.3) is 0 Å². The van der Waals surface area contributed by atoms with Crippen molar-refractivity contribution in [3.8, 4) is 0 Å². The molecule has 1 amide bonds. The van der Waals surface area contributed by atoms with Crippen LogP contribution in [0.2, 0.25) is 25.7 Å². The zero-order valence-corrected chi connectivity index (χ0v) is 53.5. The summed E-state index contributed by atoms with van der Waals surface area (Å²) in [6, 6.07) is 60.1. The van der Waals surface area contributed by atoms with Crippen molar-refractivity contribution in [2.24, 2.45) is 0 Å². The lowest BCUT2D eigenvalue weighted by molar-refractivity contribution is -0.394. The lowest BCUT2D eigenvalue weighted by atomic mass is 9.92. The van der Waals surface area contributed by atoms with Gasteiger partial charge in [-0.1, -0.05) is 202 Å². The molecule has 3 N–H and O–H groups in total. The van der Waals surface area contributed by atoms with Gasteiger partial charge in [-0.15, -0.1) is 11.8 Å². The van der Waals surface area contributed by atoms with E-state index in [9.17, 15) is 15.0 Å². The van der Waals surface area contributed by atoms with E-state index in [0.29, 0.717) is 0 Å². The summed E-state index contributed by atoms with van der Waals surface area (Å²) in [5.41, 5.74) is 2.48. The van der Waals surface area contributed by atoms with E-state index in [1.807, 2.05) is 182 Å². The number of fused-ring (bicyclic) bond motifs is 1. The van der Waals surface area contributed by atoms with Gasteiger partial charge in [-0.05, 0) is 59.0 Å². The van der Waals surface area contributed by atoms with Gasteiger partial charge in [0.1, 0.15) is 72.6 Å². The van der Waals surface area contributed by atoms with Crippen LogP contribution in [0.25, 0.3) is 0 Å². The van der Waals surface area contributed by atoms with E-state index < -0.39 is 117 Å². The monoisotopic (exact) mass is 1260 g/mol. The summed E-state index contributed by atoms with van der Waals surface area (Å²) in [5, 5.41) is 26.9. The molecule has 6 aromatic rings. The molecule has 15 atom stereocenters. The second kappa shape index (κ2) is 31.9. The first-order chi connectivity index (χ1) is 43.1. The van der Waals surface area contributed by atoms with E-state index in [0.717, 1.165) is 45.2 Å². The first kappa shape index (κ1) is 66.7. The highest BCUT2D eigenvalue weighted by atomic mass is 32.2. The van der Waals surface area contributed by atoms with Gasteiger partial charge < -0.3 is 77.1 Å². The van der Waals surface area contributed by atoms with Crippen LogP contribution < -0.4 is 5.32 Å². The van der Waals surface area contributed by atoms with Gasteiger partial charge in [-0.2, -0.15) is 0 Å². The summed E-state index contributed by atoms with van der Waals surface area (Å²) in [4.78, 5) is 13.4. The summed E-state index contributed by atoms with van der Waals surface area (Å²) >= 11 is 1.71. The molecule has 478 valence electrons. The molecule has 4 fully saturated rings. The summed E-state index contributed by atoms with van der Waals surface area (Å²) in [6.07, 6.45) is -14.7. The molecule has 0 spiro atoms. The zero-order chi connectivity index (χ0) is 62.2. The lowest BCUT2D eigenvalue weighted by Crippen LogP contribution is -2.74. The molecule has 4 heterocycles. The molecular weight excluding hydrogens is 1170 g/mol. The molecule has 17 nitrogen and oxygen atoms in total. The molecule has 0 unspecified atom stereocenters. The summed E-state index contributed by atoms with van der Waals surface area (Å²) in [7, 11) is -1.53. The van der Waals surface area contributed by atoms with Gasteiger partial charge in [-0.25, -0.2) is 0 Å². The number of aliphatic hydroxyl groups is 2. The number of rotatable bonds is 30. The van der Waals surface area contributed by atoms with E-state index in [1.54, 1.807) is 25.6 Å². The maximum Gasteiger partial charge on any atom is 0.219 e. The van der Waals surface area contributed by atoms with Crippen molar-refractivity contribution in [1.29, 1.82) is 0 Å². The number of hydrogen-bond acceptors (Lipinski definition) is 17. The van der Waals surface area contributed by atoms with Crippen LogP contribution in [0.4, 0.5) is 0 Å². The third-order valence-electron chi connectivity index (χ3n) is 16.0. The Kier molecular flexibility index (Phi) is 23.9. The minimum atomic E-state index is -2.43. The quantitative estimate of drug-likeness (QED) is 0.0285. The number of amides is 1. The second-order valence-corrected chi connectivity index (χ2v) is 31.6. The topological polar surface area (TPSA) is 190 Å². The molecule has 89 heavy (non-hydrogen) atoms. The molecule has 0 aliphatic carbocycles. The van der Waals surface area contributed by atoms with Gasteiger partial charge in [0.2, 0.25) is 17.9 Å². The summed E-state index contributed by atoms with van der Waals surface area (Å²) < 4.78 is 91.2. The highest BCUT2D eigenvalue weighted by Gasteiger charge is 2.65. The standard InChI is InChI=1S/C70H87NO16SSi/c1-48(73)71-70(74)65-60(86-69(2,3)87-65)55(39-72)83-68(70)85-62-58(77-42-51-29-17-9-18-30-51)56(46-75-40-49-25-13-7-14-26-49)81-66(63(62)79-44-53-33-21-11-22-34-53)84-59-57(47-76-41-50-27-15-8-16-28-50)82-67(88-37-38-89(4,5)6)64(80-45-54-35-23-12-24-36-54)61(59)78-43-52-31-19-10-20-32-52/h7-36,55-68,72,74H,37-47H2,1-6H3,(H,71,73)/t55-,56-,57-,58+,59-,60+,61+,62+,63-,64-,65+,66+,67+,68-,70-/m1/s1. The van der Waals surface area contributed by atoms with Crippen molar-refractivity contribution in [2.45, 2.75) is 183 Å². The van der Waals surface area contributed by atoms with Crippen molar-refractivity contribution >= 4 is 25.7 Å². The average molecular weight is 1260 g/mol. The summed E-state index contributed by atoms with van der Waals surface area (Å²) in [5.74, 6) is -1.07. The molecule has 10 rings (SSSR count). The first-order valence-corrected chi connectivity index (χ1v) is 35.6. The van der Waals surface area contributed by atoms with Gasteiger partial charge >= 0.3 is 0 Å². The smallest absolute Gasteiger partial charge is 0.219 e. The van der Waals surface area contributed by atoms with E-state index in [4.69, 9.17) is 61.6 Å². The van der Waals surface area contributed by atoms with Crippen LogP contribution in [0.15, 0.2) is 182 Å². The maximum atomic E-state index is 13.4. The fraction of sp³-hybridized carbons (Fsp3) is 0.471. The molecule has 0 aromatic heterocycles. The van der Waals surface area contributed by atoms with Crippen molar-refractivity contribution in [3.05, 3.63) is 215 Å². The van der Waals surface area contributed by atoms with Crippen LogP contribution in [0.5, 0.6) is 0 Å². The van der Waals surface area contributed by atoms with Crippen LogP contribution >= 0.6 is 11.8 Å². The first-order valence-electron chi connectivity index (χ1n) is 30.8. The van der Waals surface area contributed by atoms with Crippen LogP contribution in [0, 0.1) is 0 Å². The predicted molar refractivity (Wildman–Crippen MR) is 338 cm³/mol. The number of ether oxygens (including phenoxy) is 13. The predicted octanol–water partition coefficient (Wildman–Crippen LogP) is 10.1. The fourth-order valence-corrected chi connectivity index (χ4v) is 15.3. The van der Waals surface area contributed by atoms with Gasteiger partial charge in [0.05, 0.1) is 59.5 Å². The van der Waals surface area contributed by atoms with Gasteiger partial charge in [0, 0.05) is 15.0 Å². The summed E-state index contributed by atoms with van der Waals surface area (Å²) in [6.45, 7) is 12.2. The minimum absolute atomic E-state index is 0.0170. The van der Waals surface area contributed by atoms with E-state index in [2.05, 4.69) is 25.0 Å². The van der Waals surface area contributed by atoms with Gasteiger partial charge in [0.15, 0.2) is 12.1 Å². The van der Waals surface area contributed by atoms with Crippen LogP contribution in [-0.2, 0) is 106 Å². The maximum absolute atomic E-state index is 13.4. The van der Waals surface area contributed by atoms with Crippen molar-refractivity contribution < 1.29 is 76.6 Å². The van der Waals surface area contributed by atoms with Crippen LogP contribution in [0.3, 0.4) is 0 Å². The minimum Gasteiger partial charge on any atom is -0.394 e. The second-order valence-electron chi connectivity index (χ2n) is 24.7. The Morgan fingerprint density at radius 1 is 0.517 bits per heavy atom. The van der Waals surface area contributed by atoms with E-state index in [-0.39, 0.29) is 52.9 Å². The van der Waals surface area contributed by atoms with Crippen molar-refractivity contribution in [3.63, 3.8) is 0 Å². The number of thioether (sulfide) groups is 1. The van der Waals surface area contributed by atoms with Crippen molar-refractivity contribution in [1.82, 2.24) is 5.32 Å². The highest BCUT2D eigenvalue weighted by Crippen LogP contribution is 2.45. The molecule has 4 aliphatic heterocycles. The van der Waals surface area contributed by atoms with Crippen LogP contribution in [-0.4, -0.2) is 146 Å². The Hall–Kier alpha value is -5.24. The largest absolute Gasteiger partial charge is 0.394 e. The number of aliphatic hydroxyl groups excluding tert-OH is 1. The molecule has 0 radical (unpaired) electrons. The Balaban J connectivity index is 1.11. The highest BCUT2D eigenvalue weighted by molar-refractivity contribution is 7.99. The molecule has 4 saturated heterocycles. The Morgan fingerprint density at radius 2 is 0.944 bits per heavy atom. The fourth-order valence-electron chi connectivity index (χ4n) is 11.5. The lowest BCUT2D eigenvalue weighted by Gasteiger charge is -2.52.